The normalized spacial score (nSPS) is 11.3. The summed E-state index contributed by atoms with van der Waals surface area (Å²) in [7, 11) is 1.20. The van der Waals surface area contributed by atoms with Gasteiger partial charge in [-0.3, -0.25) is 0 Å². The van der Waals surface area contributed by atoms with Crippen molar-refractivity contribution in [2.45, 2.75) is 30.6 Å². The Labute approximate surface area is 117 Å². The van der Waals surface area contributed by atoms with Gasteiger partial charge in [-0.15, -0.1) is 6.58 Å². The van der Waals surface area contributed by atoms with Crippen LogP contribution in [0.25, 0.3) is 0 Å². The van der Waals surface area contributed by atoms with Crippen molar-refractivity contribution in [3.63, 3.8) is 0 Å². The maximum Gasteiger partial charge on any atom is 0.261 e. The second-order valence-corrected chi connectivity index (χ2v) is 6.58. The third-order valence-electron chi connectivity index (χ3n) is 2.50. The second kappa shape index (κ2) is 7.50. The Morgan fingerprint density at radius 1 is 1.32 bits per heavy atom. The van der Waals surface area contributed by atoms with Gasteiger partial charge in [-0.05, 0) is 43.9 Å². The average Bonchev–Trinajstić information content (AvgIpc) is 2.34. The van der Waals surface area contributed by atoms with Gasteiger partial charge in [0.2, 0.25) is 0 Å². The minimum atomic E-state index is -3.91. The molecule has 0 unspecified atom stereocenters. The predicted molar refractivity (Wildman–Crippen MR) is 73.6 cm³/mol. The summed E-state index contributed by atoms with van der Waals surface area (Å²) in [4.78, 5) is -0.273. The van der Waals surface area contributed by atoms with Crippen LogP contribution >= 0.6 is 10.7 Å². The van der Waals surface area contributed by atoms with Crippen molar-refractivity contribution in [1.29, 1.82) is 0 Å². The molecule has 0 fully saturated rings. The lowest BCUT2D eigenvalue weighted by molar-refractivity contribution is 0.290. The lowest BCUT2D eigenvalue weighted by Gasteiger charge is -2.07. The number of unbranched alkanes of at least 4 members (excludes halogenated alkanes) is 3. The van der Waals surface area contributed by atoms with Crippen molar-refractivity contribution in [2.24, 2.45) is 0 Å². The summed E-state index contributed by atoms with van der Waals surface area (Å²) in [5.74, 6) is -0.694. The van der Waals surface area contributed by atoms with Crippen LogP contribution in [0, 0.1) is 5.82 Å². The fourth-order valence-electron chi connectivity index (χ4n) is 1.50. The molecule has 0 saturated heterocycles. The highest BCUT2D eigenvalue weighted by atomic mass is 35.7. The zero-order valence-corrected chi connectivity index (χ0v) is 12.0. The van der Waals surface area contributed by atoms with Gasteiger partial charge < -0.3 is 4.74 Å². The highest BCUT2D eigenvalue weighted by molar-refractivity contribution is 8.13. The van der Waals surface area contributed by atoms with Crippen LogP contribution in [-0.2, 0) is 9.05 Å². The standard InChI is InChI=1S/C13H16ClFO3S/c1-2-3-4-5-6-9-18-13-8-7-11(10-12(13)15)19(14,16)17/h2,7-8,10H,1,3-6,9H2. The SMILES string of the molecule is C=CCCCCCOc1ccc(S(=O)(=O)Cl)cc1F. The molecule has 0 atom stereocenters. The van der Waals surface area contributed by atoms with Gasteiger partial charge in [-0.1, -0.05) is 6.08 Å². The first-order valence-electron chi connectivity index (χ1n) is 5.93. The number of rotatable bonds is 8. The number of hydrogen-bond acceptors (Lipinski definition) is 3. The van der Waals surface area contributed by atoms with Crippen LogP contribution in [0.4, 0.5) is 4.39 Å². The van der Waals surface area contributed by atoms with Crippen LogP contribution in [0.1, 0.15) is 25.7 Å². The molecular weight excluding hydrogens is 291 g/mol. The average molecular weight is 307 g/mol. The first-order chi connectivity index (χ1) is 8.95. The van der Waals surface area contributed by atoms with E-state index < -0.39 is 14.9 Å². The molecule has 1 aromatic carbocycles. The van der Waals surface area contributed by atoms with Crippen LogP contribution < -0.4 is 4.74 Å². The molecule has 1 rings (SSSR count). The summed E-state index contributed by atoms with van der Waals surface area (Å²) in [6.07, 6.45) is 5.62. The Morgan fingerprint density at radius 2 is 2.05 bits per heavy atom. The molecule has 0 N–H and O–H groups in total. The van der Waals surface area contributed by atoms with Gasteiger partial charge in [0.15, 0.2) is 11.6 Å². The fraction of sp³-hybridized carbons (Fsp3) is 0.385. The molecule has 0 radical (unpaired) electrons. The molecular formula is C13H16ClFO3S. The third kappa shape index (κ3) is 5.61. The van der Waals surface area contributed by atoms with E-state index in [1.165, 1.54) is 12.1 Å². The van der Waals surface area contributed by atoms with E-state index in [2.05, 4.69) is 6.58 Å². The van der Waals surface area contributed by atoms with E-state index in [0.717, 1.165) is 31.7 Å². The molecule has 0 aliphatic heterocycles. The summed E-state index contributed by atoms with van der Waals surface area (Å²) in [6.45, 7) is 4.01. The number of ether oxygens (including phenoxy) is 1. The number of benzene rings is 1. The summed E-state index contributed by atoms with van der Waals surface area (Å²) in [5, 5.41) is 0. The molecule has 0 aliphatic carbocycles. The first kappa shape index (κ1) is 16.0. The van der Waals surface area contributed by atoms with E-state index in [-0.39, 0.29) is 10.6 Å². The highest BCUT2D eigenvalue weighted by Crippen LogP contribution is 2.23. The van der Waals surface area contributed by atoms with Crippen molar-refractivity contribution < 1.29 is 17.5 Å². The Hall–Kier alpha value is -1.07. The van der Waals surface area contributed by atoms with Crippen molar-refractivity contribution in [2.75, 3.05) is 6.61 Å². The number of hydrogen-bond donors (Lipinski definition) is 0. The lowest BCUT2D eigenvalue weighted by atomic mass is 10.2. The molecule has 3 nitrogen and oxygen atoms in total. The fourth-order valence-corrected chi connectivity index (χ4v) is 2.26. The number of halogens is 2. The number of allylic oxidation sites excluding steroid dienone is 1. The zero-order chi connectivity index (χ0) is 14.3. The van der Waals surface area contributed by atoms with E-state index in [4.69, 9.17) is 15.4 Å². The van der Waals surface area contributed by atoms with Crippen molar-refractivity contribution in [3.05, 3.63) is 36.7 Å². The smallest absolute Gasteiger partial charge is 0.261 e. The van der Waals surface area contributed by atoms with Gasteiger partial charge in [-0.2, -0.15) is 0 Å². The van der Waals surface area contributed by atoms with E-state index in [9.17, 15) is 12.8 Å². The van der Waals surface area contributed by atoms with E-state index in [0.29, 0.717) is 6.61 Å². The Balaban J connectivity index is 2.49. The molecule has 0 aromatic heterocycles. The van der Waals surface area contributed by atoms with E-state index in [1.54, 1.807) is 0 Å². The maximum absolute atomic E-state index is 13.5. The van der Waals surface area contributed by atoms with Gasteiger partial charge >= 0.3 is 0 Å². The molecule has 0 bridgehead atoms. The summed E-state index contributed by atoms with van der Waals surface area (Å²) in [6, 6.07) is 3.35. The Bertz CT molecular complexity index is 529. The molecule has 106 valence electrons. The Kier molecular flexibility index (Phi) is 6.31. The quantitative estimate of drug-likeness (QED) is 0.416. The maximum atomic E-state index is 13.5. The van der Waals surface area contributed by atoms with Crippen LogP contribution in [0.2, 0.25) is 0 Å². The van der Waals surface area contributed by atoms with Crippen LogP contribution in [-0.4, -0.2) is 15.0 Å². The minimum absolute atomic E-state index is 0.0350. The second-order valence-electron chi connectivity index (χ2n) is 4.02. The minimum Gasteiger partial charge on any atom is -0.491 e. The van der Waals surface area contributed by atoms with Crippen LogP contribution in [0.3, 0.4) is 0 Å². The molecule has 0 spiro atoms. The van der Waals surface area contributed by atoms with Gasteiger partial charge in [0, 0.05) is 10.7 Å². The van der Waals surface area contributed by atoms with Gasteiger partial charge in [0.25, 0.3) is 9.05 Å². The predicted octanol–water partition coefficient (Wildman–Crippen LogP) is 3.88. The monoisotopic (exact) mass is 306 g/mol. The van der Waals surface area contributed by atoms with Crippen molar-refractivity contribution >= 4 is 19.7 Å². The molecule has 0 heterocycles. The molecule has 0 amide bonds. The van der Waals surface area contributed by atoms with E-state index in [1.807, 2.05) is 6.08 Å². The van der Waals surface area contributed by atoms with Gasteiger partial charge in [0.05, 0.1) is 11.5 Å². The van der Waals surface area contributed by atoms with Crippen molar-refractivity contribution in [1.82, 2.24) is 0 Å². The highest BCUT2D eigenvalue weighted by Gasteiger charge is 2.13. The van der Waals surface area contributed by atoms with Crippen LogP contribution in [0.15, 0.2) is 35.7 Å². The molecule has 1 aromatic rings. The molecule has 0 aliphatic rings. The molecule has 6 heteroatoms. The summed E-state index contributed by atoms with van der Waals surface area (Å²) in [5.41, 5.74) is 0. The van der Waals surface area contributed by atoms with Crippen LogP contribution in [0.5, 0.6) is 5.75 Å². The van der Waals surface area contributed by atoms with Gasteiger partial charge in [0.1, 0.15) is 0 Å². The lowest BCUT2D eigenvalue weighted by Crippen LogP contribution is -2.00. The zero-order valence-electron chi connectivity index (χ0n) is 10.4. The van der Waals surface area contributed by atoms with E-state index >= 15 is 0 Å². The van der Waals surface area contributed by atoms with Crippen molar-refractivity contribution in [3.8, 4) is 5.75 Å². The first-order valence-corrected chi connectivity index (χ1v) is 8.24. The Morgan fingerprint density at radius 3 is 2.63 bits per heavy atom. The molecule has 19 heavy (non-hydrogen) atoms. The third-order valence-corrected chi connectivity index (χ3v) is 3.85. The van der Waals surface area contributed by atoms with Gasteiger partial charge in [-0.25, -0.2) is 12.8 Å². The summed E-state index contributed by atoms with van der Waals surface area (Å²) >= 11 is 0. The molecule has 0 saturated carbocycles. The summed E-state index contributed by atoms with van der Waals surface area (Å²) < 4.78 is 40.8. The largest absolute Gasteiger partial charge is 0.491 e. The topological polar surface area (TPSA) is 43.4 Å².